The van der Waals surface area contributed by atoms with Gasteiger partial charge in [0.1, 0.15) is 13.3 Å². The number of piperidine rings is 2. The Balaban J connectivity index is 1.19. The molecule has 4 amide bonds. The van der Waals surface area contributed by atoms with E-state index in [-0.39, 0.29) is 24.0 Å². The van der Waals surface area contributed by atoms with Crippen LogP contribution >= 0.6 is 0 Å². The van der Waals surface area contributed by atoms with E-state index in [9.17, 15) is 19.2 Å². The molecule has 0 aliphatic carbocycles. The highest BCUT2D eigenvalue weighted by Gasteiger charge is 2.46. The van der Waals surface area contributed by atoms with Gasteiger partial charge in [0, 0.05) is 38.1 Å². The smallest absolute Gasteiger partial charge is 0.262 e. The van der Waals surface area contributed by atoms with E-state index in [0.29, 0.717) is 36.8 Å². The fourth-order valence-corrected chi connectivity index (χ4v) is 6.49. The van der Waals surface area contributed by atoms with Gasteiger partial charge in [0.2, 0.25) is 11.8 Å². The lowest BCUT2D eigenvalue weighted by atomic mass is 9.96. The van der Waals surface area contributed by atoms with Crippen molar-refractivity contribution < 1.29 is 25.0 Å². The molecule has 0 saturated carbocycles. The van der Waals surface area contributed by atoms with Gasteiger partial charge in [-0.1, -0.05) is 0 Å². The van der Waals surface area contributed by atoms with Crippen molar-refractivity contribution >= 4 is 29.3 Å². The zero-order chi connectivity index (χ0) is 25.1. The SMILES string of the molecule is [2H]N1CCC(CN2C3CCC2CN(c2cc4c(cc2F)C(=O)N(C2CCC(=O)NC2=O)C4=O)C3)CC1. The summed E-state index contributed by atoms with van der Waals surface area (Å²) in [6.07, 6.45) is 4.26. The van der Waals surface area contributed by atoms with Gasteiger partial charge in [-0.3, -0.25) is 34.3 Å². The van der Waals surface area contributed by atoms with Gasteiger partial charge in [0.15, 0.2) is 0 Å². The number of nitrogens with zero attached hydrogens (tertiary/aromatic N) is 3. The third-order valence-electron chi connectivity index (χ3n) is 8.34. The first-order valence-corrected chi connectivity index (χ1v) is 12.6. The summed E-state index contributed by atoms with van der Waals surface area (Å²) in [6.45, 7) is 3.94. The highest BCUT2D eigenvalue weighted by molar-refractivity contribution is 6.23. The minimum absolute atomic E-state index is 0.0340. The maximum Gasteiger partial charge on any atom is 0.262 e. The number of imide groups is 2. The molecule has 35 heavy (non-hydrogen) atoms. The first kappa shape index (κ1) is 21.4. The normalized spacial score (nSPS) is 30.7. The molecule has 5 heterocycles. The minimum atomic E-state index is -1.07. The number of anilines is 1. The molecule has 2 bridgehead atoms. The second kappa shape index (κ2) is 8.67. The number of carbonyl (C=O) groups excluding carboxylic acids is 4. The third-order valence-corrected chi connectivity index (χ3v) is 8.34. The average Bonchev–Trinajstić information content (AvgIpc) is 3.21. The number of hydrogen-bond acceptors (Lipinski definition) is 7. The highest BCUT2D eigenvalue weighted by Crippen LogP contribution is 2.37. The average molecular weight is 485 g/mol. The summed E-state index contributed by atoms with van der Waals surface area (Å²) in [4.78, 5) is 55.4. The molecule has 0 aromatic heterocycles. The number of rotatable bonds is 4. The van der Waals surface area contributed by atoms with E-state index in [1.165, 1.54) is 6.07 Å². The Morgan fingerprint density at radius 1 is 0.943 bits per heavy atom. The van der Waals surface area contributed by atoms with Crippen LogP contribution in [0.15, 0.2) is 12.1 Å². The van der Waals surface area contributed by atoms with Crippen LogP contribution in [0.2, 0.25) is 1.41 Å². The van der Waals surface area contributed by atoms with Gasteiger partial charge < -0.3 is 10.2 Å². The summed E-state index contributed by atoms with van der Waals surface area (Å²) < 4.78 is 23.1. The number of halogens is 1. The lowest BCUT2D eigenvalue weighted by Gasteiger charge is -2.44. The molecule has 186 valence electrons. The van der Waals surface area contributed by atoms with E-state index >= 15 is 4.39 Å². The van der Waals surface area contributed by atoms with Crippen molar-refractivity contribution in [3.63, 3.8) is 0 Å². The quantitative estimate of drug-likeness (QED) is 0.612. The Hall–Kier alpha value is -2.85. The van der Waals surface area contributed by atoms with Gasteiger partial charge in [-0.25, -0.2) is 4.39 Å². The van der Waals surface area contributed by atoms with Crippen molar-refractivity contribution in [2.75, 3.05) is 37.6 Å². The lowest BCUT2D eigenvalue weighted by molar-refractivity contribution is -0.136. The molecule has 0 spiro atoms. The Morgan fingerprint density at radius 3 is 2.26 bits per heavy atom. The zero-order valence-corrected chi connectivity index (χ0v) is 19.5. The van der Waals surface area contributed by atoms with Crippen LogP contribution in [-0.4, -0.2) is 84.3 Å². The van der Waals surface area contributed by atoms with Gasteiger partial charge in [-0.2, -0.15) is 0 Å². The highest BCUT2D eigenvalue weighted by atomic mass is 19.1. The van der Waals surface area contributed by atoms with Crippen LogP contribution in [0, 0.1) is 11.7 Å². The molecule has 1 aromatic carbocycles. The molecule has 6 rings (SSSR count). The molecule has 4 fully saturated rings. The Kier molecular flexibility index (Phi) is 5.31. The second-order valence-corrected chi connectivity index (χ2v) is 10.4. The molecule has 5 aliphatic heterocycles. The molecule has 10 heteroatoms. The van der Waals surface area contributed by atoms with Crippen molar-refractivity contribution in [1.82, 2.24) is 20.4 Å². The van der Waals surface area contributed by atoms with E-state index in [0.717, 1.165) is 56.3 Å². The molecule has 3 atom stereocenters. The number of fused-ring (bicyclic) bond motifs is 3. The maximum atomic E-state index is 15.3. The van der Waals surface area contributed by atoms with Gasteiger partial charge in [-0.15, -0.1) is 0 Å². The van der Waals surface area contributed by atoms with Gasteiger partial charge in [0.25, 0.3) is 11.8 Å². The predicted molar refractivity (Wildman–Crippen MR) is 124 cm³/mol. The molecular weight excluding hydrogens is 453 g/mol. The lowest BCUT2D eigenvalue weighted by Crippen LogP contribution is -2.55. The van der Waals surface area contributed by atoms with Crippen LogP contribution in [0.3, 0.4) is 0 Å². The molecule has 0 radical (unpaired) electrons. The van der Waals surface area contributed by atoms with Gasteiger partial charge in [-0.05, 0) is 63.2 Å². The number of piperazine rings is 1. The van der Waals surface area contributed by atoms with Crippen LogP contribution in [0.1, 0.15) is 59.2 Å². The summed E-state index contributed by atoms with van der Waals surface area (Å²) in [6, 6.07) is 2.14. The fourth-order valence-electron chi connectivity index (χ4n) is 6.49. The molecule has 2 N–H and O–H groups in total. The van der Waals surface area contributed by atoms with Crippen molar-refractivity contribution in [2.45, 2.75) is 56.7 Å². The number of nitrogens with one attached hydrogen (secondary N) is 2. The van der Waals surface area contributed by atoms with E-state index in [1.54, 1.807) is 5.31 Å². The minimum Gasteiger partial charge on any atom is -0.366 e. The van der Waals surface area contributed by atoms with Crippen molar-refractivity contribution in [1.29, 1.82) is 0 Å². The summed E-state index contributed by atoms with van der Waals surface area (Å²) >= 11 is 0. The molecule has 4 saturated heterocycles. The van der Waals surface area contributed by atoms with Crippen LogP contribution in [0.4, 0.5) is 10.1 Å². The van der Waals surface area contributed by atoms with E-state index in [1.807, 2.05) is 4.90 Å². The standard InChI is InChI=1S/C25H30FN5O4/c26-19-9-17-18(25(35)31(24(17)34)20-3-4-22(32)28-23(20)33)10-21(19)29-12-15-1-2-16(13-29)30(15)11-14-5-7-27-8-6-14/h9-10,14-16,20,27H,1-8,11-13H2,(H,28,32,33)/i/hD. The van der Waals surface area contributed by atoms with Crippen molar-refractivity contribution in [3.8, 4) is 0 Å². The second-order valence-electron chi connectivity index (χ2n) is 10.4. The Morgan fingerprint density at radius 2 is 1.60 bits per heavy atom. The monoisotopic (exact) mass is 484 g/mol. The van der Waals surface area contributed by atoms with Crippen LogP contribution in [0.25, 0.3) is 0 Å². The first-order valence-electron chi connectivity index (χ1n) is 13.0. The largest absolute Gasteiger partial charge is 0.366 e. The Bertz CT molecular complexity index is 1130. The molecule has 5 aliphatic rings. The van der Waals surface area contributed by atoms with Crippen molar-refractivity contribution in [3.05, 3.63) is 29.1 Å². The summed E-state index contributed by atoms with van der Waals surface area (Å²) in [7, 11) is 0. The maximum absolute atomic E-state index is 15.3. The molecule has 9 nitrogen and oxygen atoms in total. The fraction of sp³-hybridized carbons (Fsp3) is 0.600. The van der Waals surface area contributed by atoms with Gasteiger partial charge in [0.05, 0.1) is 16.8 Å². The summed E-state index contributed by atoms with van der Waals surface area (Å²) in [5, 5.41) is 3.81. The summed E-state index contributed by atoms with van der Waals surface area (Å²) in [5.74, 6) is -2.39. The number of amides is 4. The third kappa shape index (κ3) is 3.83. The van der Waals surface area contributed by atoms with E-state index in [4.69, 9.17) is 1.41 Å². The molecular formula is C25H30FN5O4. The summed E-state index contributed by atoms with van der Waals surface area (Å²) in [5.41, 5.74) is 0.394. The van der Waals surface area contributed by atoms with E-state index < -0.39 is 35.5 Å². The Labute approximate surface area is 204 Å². The van der Waals surface area contributed by atoms with Gasteiger partial charge >= 0.3 is 0 Å². The number of carbonyl (C=O) groups is 4. The topological polar surface area (TPSA) is 102 Å². The van der Waals surface area contributed by atoms with Crippen LogP contribution < -0.4 is 15.5 Å². The first-order chi connectivity index (χ1) is 17.3. The van der Waals surface area contributed by atoms with E-state index in [2.05, 4.69) is 10.2 Å². The van der Waals surface area contributed by atoms with Crippen molar-refractivity contribution in [2.24, 2.45) is 5.92 Å². The van der Waals surface area contributed by atoms with Crippen LogP contribution in [0.5, 0.6) is 0 Å². The number of benzene rings is 1. The number of hydrogen-bond donors (Lipinski definition) is 2. The predicted octanol–water partition coefficient (Wildman–Crippen LogP) is 0.880. The van der Waals surface area contributed by atoms with Crippen LogP contribution in [-0.2, 0) is 9.59 Å². The molecule has 3 unspecified atom stereocenters. The zero-order valence-electron chi connectivity index (χ0n) is 20.5. The molecule has 1 aromatic rings.